The molecule has 1 aromatic heterocycles. The van der Waals surface area contributed by atoms with Crippen molar-refractivity contribution in [2.24, 2.45) is 17.8 Å². The fourth-order valence-corrected chi connectivity index (χ4v) is 7.71. The second-order valence-electron chi connectivity index (χ2n) is 11.6. The molecule has 198 valence electrons. The van der Waals surface area contributed by atoms with Crippen molar-refractivity contribution in [1.29, 1.82) is 0 Å². The number of carbonyl (C=O) groups is 1. The highest BCUT2D eigenvalue weighted by atomic mass is 16.5. The summed E-state index contributed by atoms with van der Waals surface area (Å²) in [5.74, 6) is 3.58. The van der Waals surface area contributed by atoms with Crippen LogP contribution in [0.25, 0.3) is 0 Å². The van der Waals surface area contributed by atoms with Gasteiger partial charge < -0.3 is 29.7 Å². The number of benzene rings is 1. The van der Waals surface area contributed by atoms with Gasteiger partial charge in [0.25, 0.3) is 5.91 Å². The third-order valence-corrected chi connectivity index (χ3v) is 9.16. The number of carbonyl (C=O) groups excluding carboxylic acids is 1. The summed E-state index contributed by atoms with van der Waals surface area (Å²) in [5.41, 5.74) is 1.08. The molecule has 2 heterocycles. The van der Waals surface area contributed by atoms with Crippen molar-refractivity contribution < 1.29 is 19.4 Å². The maximum absolute atomic E-state index is 13.3. The molecule has 8 nitrogen and oxygen atoms in total. The number of amides is 1. The molecule has 1 saturated heterocycles. The second kappa shape index (κ2) is 9.39. The summed E-state index contributed by atoms with van der Waals surface area (Å²) in [4.78, 5) is 22.7. The number of pyridine rings is 1. The Labute approximate surface area is 219 Å². The zero-order valence-corrected chi connectivity index (χ0v) is 22.0. The van der Waals surface area contributed by atoms with Crippen molar-refractivity contribution in [3.05, 3.63) is 42.1 Å². The normalized spacial score (nSPS) is 32.4. The molecule has 7 rings (SSSR count). The zero-order chi connectivity index (χ0) is 25.7. The van der Waals surface area contributed by atoms with Crippen molar-refractivity contribution >= 4 is 17.4 Å². The summed E-state index contributed by atoms with van der Waals surface area (Å²) in [6, 6.07) is 12.1. The van der Waals surface area contributed by atoms with Gasteiger partial charge in [-0.25, -0.2) is 4.98 Å². The molecular formula is C29H38N4O4. The van der Waals surface area contributed by atoms with Crippen molar-refractivity contribution in [1.82, 2.24) is 10.3 Å². The Morgan fingerprint density at radius 2 is 1.81 bits per heavy atom. The summed E-state index contributed by atoms with van der Waals surface area (Å²) in [6.07, 6.45) is 4.83. The van der Waals surface area contributed by atoms with Gasteiger partial charge in [0.05, 0.1) is 19.8 Å². The van der Waals surface area contributed by atoms with E-state index in [2.05, 4.69) is 28.1 Å². The molecule has 2 unspecified atom stereocenters. The number of aliphatic hydroxyl groups is 1. The van der Waals surface area contributed by atoms with Gasteiger partial charge in [0, 0.05) is 43.5 Å². The van der Waals surface area contributed by atoms with Crippen LogP contribution in [0.5, 0.6) is 11.5 Å². The number of aromatic nitrogens is 1. The molecule has 2 aromatic rings. The standard InChI is InChI=1S/C29H38N4O4/c1-18-17-32(22-7-8-24(36-2)25(13-22)37-3)9-10-33(18)26-6-4-5-23(30-26)28(34)31-27-20-11-19-12-21(27)16-29(35,14-19)15-20/h4-8,13,18-21,27,35H,9-12,14-17H2,1-3H3,(H,31,34)/t18-,19?,20?,21?,27-,29-/m1/s1. The molecule has 2 N–H and O–H groups in total. The number of nitrogens with zero attached hydrogens (tertiary/aromatic N) is 3. The number of methoxy groups -OCH3 is 2. The highest BCUT2D eigenvalue weighted by Crippen LogP contribution is 2.55. The first-order chi connectivity index (χ1) is 17.9. The third-order valence-electron chi connectivity index (χ3n) is 9.16. The van der Waals surface area contributed by atoms with E-state index in [-0.39, 0.29) is 18.0 Å². The first-order valence-corrected chi connectivity index (χ1v) is 13.6. The Balaban J connectivity index is 1.12. The van der Waals surface area contributed by atoms with Gasteiger partial charge in [-0.1, -0.05) is 6.07 Å². The zero-order valence-electron chi connectivity index (χ0n) is 22.0. The Hall–Kier alpha value is -3.00. The molecule has 1 aliphatic heterocycles. The first-order valence-electron chi connectivity index (χ1n) is 13.6. The van der Waals surface area contributed by atoms with E-state index in [0.717, 1.165) is 74.7 Å². The fraction of sp³-hybridized carbons (Fsp3) is 0.586. The van der Waals surface area contributed by atoms with Gasteiger partial charge in [0.15, 0.2) is 11.5 Å². The minimum absolute atomic E-state index is 0.0945. The molecule has 37 heavy (non-hydrogen) atoms. The minimum Gasteiger partial charge on any atom is -0.493 e. The van der Waals surface area contributed by atoms with Crippen molar-refractivity contribution in [2.45, 2.75) is 56.7 Å². The van der Waals surface area contributed by atoms with Gasteiger partial charge in [0.2, 0.25) is 0 Å². The molecule has 4 aliphatic carbocycles. The molecule has 3 atom stereocenters. The summed E-state index contributed by atoms with van der Waals surface area (Å²) in [6.45, 7) is 4.68. The maximum atomic E-state index is 13.3. The van der Waals surface area contributed by atoms with Gasteiger partial charge in [-0.3, -0.25) is 4.79 Å². The van der Waals surface area contributed by atoms with E-state index in [1.165, 1.54) is 0 Å². The number of rotatable bonds is 6. The first kappa shape index (κ1) is 24.3. The lowest BCUT2D eigenvalue weighted by molar-refractivity contribution is -0.136. The number of piperazine rings is 1. The largest absolute Gasteiger partial charge is 0.493 e. The van der Waals surface area contributed by atoms with E-state index in [1.807, 2.05) is 30.3 Å². The van der Waals surface area contributed by atoms with Gasteiger partial charge >= 0.3 is 0 Å². The van der Waals surface area contributed by atoms with Crippen LogP contribution >= 0.6 is 0 Å². The van der Waals surface area contributed by atoms with Crippen LogP contribution < -0.4 is 24.6 Å². The average Bonchev–Trinajstić information content (AvgIpc) is 2.89. The molecule has 4 bridgehead atoms. The van der Waals surface area contributed by atoms with E-state index < -0.39 is 5.60 Å². The van der Waals surface area contributed by atoms with Crippen LogP contribution in [0.15, 0.2) is 36.4 Å². The van der Waals surface area contributed by atoms with Crippen LogP contribution in [0.2, 0.25) is 0 Å². The lowest BCUT2D eigenvalue weighted by Gasteiger charge is -2.58. The summed E-state index contributed by atoms with van der Waals surface area (Å²) < 4.78 is 10.9. The fourth-order valence-electron chi connectivity index (χ4n) is 7.71. The van der Waals surface area contributed by atoms with Crippen LogP contribution in [0.4, 0.5) is 11.5 Å². The van der Waals surface area contributed by atoms with E-state index in [0.29, 0.717) is 23.4 Å². The number of ether oxygens (including phenoxy) is 2. The molecule has 1 aromatic carbocycles. The predicted octanol–water partition coefficient (Wildman–Crippen LogP) is 3.48. The van der Waals surface area contributed by atoms with Crippen LogP contribution in [0, 0.1) is 17.8 Å². The van der Waals surface area contributed by atoms with Crippen LogP contribution in [0.3, 0.4) is 0 Å². The van der Waals surface area contributed by atoms with Gasteiger partial charge in [0.1, 0.15) is 11.5 Å². The molecule has 0 radical (unpaired) electrons. The Kier molecular flexibility index (Phi) is 6.18. The molecule has 1 amide bonds. The number of nitrogens with one attached hydrogen (secondary N) is 1. The van der Waals surface area contributed by atoms with Crippen molar-refractivity contribution in [3.8, 4) is 11.5 Å². The Morgan fingerprint density at radius 1 is 1.05 bits per heavy atom. The highest BCUT2D eigenvalue weighted by molar-refractivity contribution is 5.93. The van der Waals surface area contributed by atoms with Crippen molar-refractivity contribution in [3.63, 3.8) is 0 Å². The Bertz CT molecular complexity index is 1160. The lowest BCUT2D eigenvalue weighted by Crippen LogP contribution is -2.61. The Morgan fingerprint density at radius 3 is 2.49 bits per heavy atom. The SMILES string of the molecule is COc1ccc(N2CCN(c3cccc(C(=O)N[C@H]4C5CC6CC4C[C@](O)(C6)C5)n3)[C@H](C)C2)cc1OC. The van der Waals surface area contributed by atoms with Crippen LogP contribution in [-0.2, 0) is 0 Å². The van der Waals surface area contributed by atoms with E-state index in [9.17, 15) is 9.90 Å². The quantitative estimate of drug-likeness (QED) is 0.620. The van der Waals surface area contributed by atoms with Gasteiger partial charge in [-0.15, -0.1) is 0 Å². The summed E-state index contributed by atoms with van der Waals surface area (Å²) in [7, 11) is 3.30. The minimum atomic E-state index is -0.495. The molecular weight excluding hydrogens is 468 g/mol. The van der Waals surface area contributed by atoms with Crippen LogP contribution in [0.1, 0.15) is 49.5 Å². The van der Waals surface area contributed by atoms with E-state index in [1.54, 1.807) is 14.2 Å². The second-order valence-corrected chi connectivity index (χ2v) is 11.6. The lowest BCUT2D eigenvalue weighted by atomic mass is 9.52. The van der Waals surface area contributed by atoms with Gasteiger partial charge in [-0.05, 0) is 81.0 Å². The molecule has 4 saturated carbocycles. The van der Waals surface area contributed by atoms with E-state index in [4.69, 9.17) is 14.5 Å². The number of anilines is 2. The average molecular weight is 507 g/mol. The molecule has 0 spiro atoms. The van der Waals surface area contributed by atoms with Crippen molar-refractivity contribution in [2.75, 3.05) is 43.7 Å². The molecule has 8 heteroatoms. The van der Waals surface area contributed by atoms with Crippen LogP contribution in [-0.4, -0.2) is 67.5 Å². The summed E-state index contributed by atoms with van der Waals surface area (Å²) in [5, 5.41) is 14.2. The molecule has 5 aliphatic rings. The maximum Gasteiger partial charge on any atom is 0.270 e. The molecule has 5 fully saturated rings. The summed E-state index contributed by atoms with van der Waals surface area (Å²) >= 11 is 0. The number of hydrogen-bond acceptors (Lipinski definition) is 7. The topological polar surface area (TPSA) is 87.2 Å². The van der Waals surface area contributed by atoms with E-state index >= 15 is 0 Å². The smallest absolute Gasteiger partial charge is 0.270 e. The predicted molar refractivity (Wildman–Crippen MR) is 143 cm³/mol. The van der Waals surface area contributed by atoms with Gasteiger partial charge in [-0.2, -0.15) is 0 Å². The highest BCUT2D eigenvalue weighted by Gasteiger charge is 2.55. The third kappa shape index (κ3) is 4.49. The monoisotopic (exact) mass is 506 g/mol. The number of hydrogen-bond donors (Lipinski definition) is 2.